The fourth-order valence-corrected chi connectivity index (χ4v) is 3.53. The minimum absolute atomic E-state index is 0.0631. The summed E-state index contributed by atoms with van der Waals surface area (Å²) in [6.07, 6.45) is -1.20. The summed E-state index contributed by atoms with van der Waals surface area (Å²) in [7, 11) is 0. The Morgan fingerprint density at radius 1 is 1.12 bits per heavy atom. The zero-order valence-corrected chi connectivity index (χ0v) is 19.0. The molecule has 0 aliphatic carbocycles. The number of nitrogens with zero attached hydrogens (tertiary/aromatic N) is 2. The zero-order chi connectivity index (χ0) is 23.6. The maximum absolute atomic E-state index is 11.3. The maximum Gasteiger partial charge on any atom is 0.405 e. The number of benzene rings is 2. The lowest BCUT2D eigenvalue weighted by Gasteiger charge is -2.22. The molecule has 174 valence electrons. The number of aromatic nitrogens is 2. The van der Waals surface area contributed by atoms with E-state index in [0.29, 0.717) is 24.9 Å². The van der Waals surface area contributed by atoms with Gasteiger partial charge in [-0.2, -0.15) is 0 Å². The smallest absolute Gasteiger partial charge is 0.405 e. The number of rotatable bonds is 6. The molecule has 4 rings (SSSR count). The minimum Gasteiger partial charge on any atom is -0.486 e. The van der Waals surface area contributed by atoms with Crippen molar-refractivity contribution in [3.8, 4) is 34.1 Å². The van der Waals surface area contributed by atoms with Crippen LogP contribution in [0, 0.1) is 6.92 Å². The van der Waals surface area contributed by atoms with Crippen molar-refractivity contribution in [3.05, 3.63) is 47.9 Å². The van der Waals surface area contributed by atoms with Crippen molar-refractivity contribution >= 4 is 6.09 Å². The van der Waals surface area contributed by atoms with E-state index in [-0.39, 0.29) is 12.5 Å². The third-order valence-electron chi connectivity index (χ3n) is 5.14. The highest BCUT2D eigenvalue weighted by Crippen LogP contribution is 2.37. The highest BCUT2D eigenvalue weighted by Gasteiger charge is 2.25. The van der Waals surface area contributed by atoms with Crippen LogP contribution in [0.1, 0.15) is 38.3 Å². The molecule has 2 heterocycles. The van der Waals surface area contributed by atoms with E-state index < -0.39 is 17.7 Å². The number of nitrogens with one attached hydrogen (secondary N) is 1. The minimum atomic E-state index is -1.20. The molecule has 9 nitrogen and oxygen atoms in total. The molecule has 0 saturated heterocycles. The number of ether oxygens (including phenoxy) is 3. The van der Waals surface area contributed by atoms with Gasteiger partial charge >= 0.3 is 6.09 Å². The van der Waals surface area contributed by atoms with Gasteiger partial charge in [0.25, 0.3) is 0 Å². The van der Waals surface area contributed by atoms with Crippen LogP contribution in [0.15, 0.2) is 40.8 Å². The predicted octanol–water partition coefficient (Wildman–Crippen LogP) is 4.61. The molecular weight excluding hydrogens is 426 g/mol. The molecule has 3 aromatic rings. The molecular formula is C24H27N3O6. The molecule has 9 heteroatoms. The molecule has 0 radical (unpaired) electrons. The van der Waals surface area contributed by atoms with E-state index in [1.165, 1.54) is 0 Å². The Balaban J connectivity index is 1.63. The summed E-state index contributed by atoms with van der Waals surface area (Å²) in [5.41, 5.74) is 3.21. The molecule has 1 aliphatic heterocycles. The van der Waals surface area contributed by atoms with E-state index in [0.717, 1.165) is 28.0 Å². The third kappa shape index (κ3) is 5.25. The Bertz CT molecular complexity index is 1150. The highest BCUT2D eigenvalue weighted by atomic mass is 16.6. The molecule has 0 fully saturated rings. The van der Waals surface area contributed by atoms with Gasteiger partial charge in [-0.15, -0.1) is 10.2 Å². The van der Waals surface area contributed by atoms with Gasteiger partial charge in [-0.1, -0.05) is 18.2 Å². The SMILES string of the molecule is Cc1c(-c2ccc3c(c2)OCCO3)cccc1-c1nnc(C(COC(C)(C)C)NC(=O)O)o1. The first-order valence-corrected chi connectivity index (χ1v) is 10.7. The molecule has 33 heavy (non-hydrogen) atoms. The predicted molar refractivity (Wildman–Crippen MR) is 121 cm³/mol. The molecule has 1 atom stereocenters. The number of carboxylic acid groups (broad SMARTS) is 1. The van der Waals surface area contributed by atoms with Gasteiger partial charge in [0.2, 0.25) is 11.8 Å². The summed E-state index contributed by atoms with van der Waals surface area (Å²) >= 11 is 0. The van der Waals surface area contributed by atoms with E-state index in [9.17, 15) is 9.90 Å². The molecule has 2 N–H and O–H groups in total. The third-order valence-corrected chi connectivity index (χ3v) is 5.14. The second kappa shape index (κ2) is 9.11. The summed E-state index contributed by atoms with van der Waals surface area (Å²) in [5, 5.41) is 19.9. The van der Waals surface area contributed by atoms with Crippen LogP contribution in [0.3, 0.4) is 0 Å². The van der Waals surface area contributed by atoms with E-state index in [4.69, 9.17) is 18.6 Å². The van der Waals surface area contributed by atoms with Gasteiger partial charge in [0.15, 0.2) is 11.5 Å². The first-order chi connectivity index (χ1) is 15.7. The van der Waals surface area contributed by atoms with Crippen LogP contribution >= 0.6 is 0 Å². The lowest BCUT2D eigenvalue weighted by atomic mass is 9.96. The van der Waals surface area contributed by atoms with Crippen molar-refractivity contribution in [2.24, 2.45) is 0 Å². The number of fused-ring (bicyclic) bond motifs is 1. The topological polar surface area (TPSA) is 116 Å². The van der Waals surface area contributed by atoms with E-state index in [2.05, 4.69) is 15.5 Å². The second-order valence-electron chi connectivity index (χ2n) is 8.71. The van der Waals surface area contributed by atoms with Crippen LogP contribution < -0.4 is 14.8 Å². The average Bonchev–Trinajstić information content (AvgIpc) is 3.25. The summed E-state index contributed by atoms with van der Waals surface area (Å²) in [4.78, 5) is 11.3. The van der Waals surface area contributed by atoms with Crippen LogP contribution in [-0.4, -0.2) is 46.8 Å². The number of hydrogen-bond donors (Lipinski definition) is 2. The number of hydrogen-bond acceptors (Lipinski definition) is 7. The summed E-state index contributed by atoms with van der Waals surface area (Å²) < 4.78 is 23.0. The molecule has 2 aromatic carbocycles. The van der Waals surface area contributed by atoms with E-state index in [1.807, 2.05) is 64.1 Å². The van der Waals surface area contributed by atoms with Crippen LogP contribution in [0.5, 0.6) is 11.5 Å². The molecule has 0 bridgehead atoms. The van der Waals surface area contributed by atoms with E-state index in [1.54, 1.807) is 0 Å². The van der Waals surface area contributed by atoms with Gasteiger partial charge < -0.3 is 29.1 Å². The summed E-state index contributed by atoms with van der Waals surface area (Å²) in [6.45, 7) is 8.75. The second-order valence-corrected chi connectivity index (χ2v) is 8.71. The summed E-state index contributed by atoms with van der Waals surface area (Å²) in [6, 6.07) is 10.9. The van der Waals surface area contributed by atoms with Crippen molar-refractivity contribution in [2.45, 2.75) is 39.3 Å². The Hall–Kier alpha value is -3.59. The Labute approximate surface area is 191 Å². The largest absolute Gasteiger partial charge is 0.486 e. The van der Waals surface area contributed by atoms with Crippen molar-refractivity contribution in [1.29, 1.82) is 0 Å². The monoisotopic (exact) mass is 453 g/mol. The van der Waals surface area contributed by atoms with Gasteiger partial charge in [0.1, 0.15) is 19.3 Å². The van der Waals surface area contributed by atoms with Crippen LogP contribution in [0.25, 0.3) is 22.6 Å². The fraction of sp³-hybridized carbons (Fsp3) is 0.375. The van der Waals surface area contributed by atoms with Crippen LogP contribution in [0.2, 0.25) is 0 Å². The molecule has 1 aliphatic rings. The van der Waals surface area contributed by atoms with Gasteiger partial charge in [-0.3, -0.25) is 0 Å². The normalized spacial score (nSPS) is 14.1. The Morgan fingerprint density at radius 3 is 2.58 bits per heavy atom. The van der Waals surface area contributed by atoms with Gasteiger partial charge in [0.05, 0.1) is 12.2 Å². The van der Waals surface area contributed by atoms with Gasteiger partial charge in [-0.25, -0.2) is 4.79 Å². The standard InChI is InChI=1S/C24H27N3O6/c1-14-16(15-8-9-19-20(12-15)31-11-10-30-19)6-5-7-17(14)21-26-27-22(33-21)18(25-23(28)29)13-32-24(2,3)4/h5-9,12,18,25H,10-11,13H2,1-4H3,(H,28,29). The number of carbonyl (C=O) groups is 1. The number of amides is 1. The Kier molecular flexibility index (Phi) is 6.24. The highest BCUT2D eigenvalue weighted by molar-refractivity contribution is 5.76. The maximum atomic E-state index is 11.3. The van der Waals surface area contributed by atoms with Crippen LogP contribution in [0.4, 0.5) is 4.79 Å². The fourth-order valence-electron chi connectivity index (χ4n) is 3.53. The molecule has 0 spiro atoms. The van der Waals surface area contributed by atoms with Crippen molar-refractivity contribution in [3.63, 3.8) is 0 Å². The Morgan fingerprint density at radius 2 is 1.85 bits per heavy atom. The lowest BCUT2D eigenvalue weighted by Crippen LogP contribution is -2.33. The lowest BCUT2D eigenvalue weighted by molar-refractivity contribution is -0.0173. The summed E-state index contributed by atoms with van der Waals surface area (Å²) in [5.74, 6) is 1.88. The first-order valence-electron chi connectivity index (χ1n) is 10.7. The van der Waals surface area contributed by atoms with Crippen molar-refractivity contribution in [2.75, 3.05) is 19.8 Å². The first kappa shape index (κ1) is 22.6. The van der Waals surface area contributed by atoms with Gasteiger partial charge in [-0.05, 0) is 62.6 Å². The van der Waals surface area contributed by atoms with Gasteiger partial charge in [0, 0.05) is 5.56 Å². The van der Waals surface area contributed by atoms with Crippen LogP contribution in [-0.2, 0) is 4.74 Å². The molecule has 1 aromatic heterocycles. The van der Waals surface area contributed by atoms with E-state index >= 15 is 0 Å². The quantitative estimate of drug-likeness (QED) is 0.556. The molecule has 0 saturated carbocycles. The molecule has 1 unspecified atom stereocenters. The zero-order valence-electron chi connectivity index (χ0n) is 19.0. The van der Waals surface area contributed by atoms with Crippen molar-refractivity contribution in [1.82, 2.24) is 15.5 Å². The molecule has 1 amide bonds. The average molecular weight is 453 g/mol. The van der Waals surface area contributed by atoms with Crippen molar-refractivity contribution < 1.29 is 28.5 Å².